The van der Waals surface area contributed by atoms with E-state index >= 15 is 0 Å². The Morgan fingerprint density at radius 3 is 2.26 bits per heavy atom. The maximum atomic E-state index is 12.8. The summed E-state index contributed by atoms with van der Waals surface area (Å²) in [6, 6.07) is 21.9. The fourth-order valence-electron chi connectivity index (χ4n) is 3.68. The maximum Gasteiger partial charge on any atom is 0.338 e. The number of carbonyl (C=O) groups excluding carboxylic acids is 4. The molecule has 1 N–H and O–H groups in total. The highest BCUT2D eigenvalue weighted by Gasteiger charge is 2.39. The molecule has 1 heterocycles. The number of Topliss-reactive ketones (excluding diaryl/α,β-unsaturated/α-hetero) is 1. The third-order valence-electron chi connectivity index (χ3n) is 5.61. The summed E-state index contributed by atoms with van der Waals surface area (Å²) >= 11 is 0. The van der Waals surface area contributed by atoms with E-state index in [2.05, 4.69) is 5.32 Å². The molecule has 4 rings (SSSR count). The molecule has 0 saturated carbocycles. The zero-order chi connectivity index (χ0) is 24.1. The van der Waals surface area contributed by atoms with E-state index < -0.39 is 12.0 Å². The van der Waals surface area contributed by atoms with E-state index in [1.165, 1.54) is 24.3 Å². The molecule has 3 aromatic carbocycles. The van der Waals surface area contributed by atoms with E-state index in [-0.39, 0.29) is 36.2 Å². The van der Waals surface area contributed by atoms with Gasteiger partial charge < -0.3 is 10.1 Å². The van der Waals surface area contributed by atoms with Gasteiger partial charge in [-0.2, -0.15) is 0 Å². The van der Waals surface area contributed by atoms with Crippen LogP contribution in [0.4, 0.5) is 5.69 Å². The number of benzene rings is 3. The lowest BCUT2D eigenvalue weighted by atomic mass is 10.1. The number of rotatable bonds is 8. The van der Waals surface area contributed by atoms with Crippen molar-refractivity contribution in [3.63, 3.8) is 0 Å². The number of amides is 2. The molecule has 0 aliphatic carbocycles. The Hall–Kier alpha value is -4.10. The highest BCUT2D eigenvalue weighted by atomic mass is 16.5. The van der Waals surface area contributed by atoms with Crippen LogP contribution in [0, 0.1) is 6.92 Å². The molecular weight excluding hydrogens is 432 g/mol. The lowest BCUT2D eigenvalue weighted by Gasteiger charge is -2.16. The van der Waals surface area contributed by atoms with E-state index in [4.69, 9.17) is 4.74 Å². The van der Waals surface area contributed by atoms with E-state index in [1.54, 1.807) is 30.3 Å². The van der Waals surface area contributed by atoms with Crippen molar-refractivity contribution in [2.45, 2.75) is 25.9 Å². The van der Waals surface area contributed by atoms with Gasteiger partial charge in [0.2, 0.25) is 5.91 Å². The van der Waals surface area contributed by atoms with Gasteiger partial charge in [0.25, 0.3) is 5.91 Å². The Labute approximate surface area is 197 Å². The Morgan fingerprint density at radius 2 is 1.59 bits per heavy atom. The Kier molecular flexibility index (Phi) is 6.94. The van der Waals surface area contributed by atoms with Gasteiger partial charge in [-0.1, -0.05) is 60.2 Å². The Morgan fingerprint density at radius 1 is 0.912 bits per heavy atom. The molecule has 2 amide bonds. The lowest BCUT2D eigenvalue weighted by molar-refractivity contribution is -0.121. The number of hydrogen-bond acceptors (Lipinski definition) is 6. The highest BCUT2D eigenvalue weighted by molar-refractivity contribution is 6.22. The number of carbonyl (C=O) groups is 4. The molecule has 172 valence electrons. The van der Waals surface area contributed by atoms with Crippen molar-refractivity contribution in [1.82, 2.24) is 5.32 Å². The molecule has 1 saturated heterocycles. The zero-order valence-corrected chi connectivity index (χ0v) is 18.7. The van der Waals surface area contributed by atoms with E-state index in [9.17, 15) is 19.2 Å². The molecule has 0 radical (unpaired) electrons. The monoisotopic (exact) mass is 456 g/mol. The van der Waals surface area contributed by atoms with Crippen molar-refractivity contribution < 1.29 is 23.9 Å². The maximum absolute atomic E-state index is 12.8. The van der Waals surface area contributed by atoms with Crippen molar-refractivity contribution >= 4 is 29.3 Å². The molecule has 34 heavy (non-hydrogen) atoms. The van der Waals surface area contributed by atoms with Crippen LogP contribution in [0.5, 0.6) is 0 Å². The summed E-state index contributed by atoms with van der Waals surface area (Å²) in [5, 5.41) is 3.15. The lowest BCUT2D eigenvalue weighted by Crippen LogP contribution is -2.38. The van der Waals surface area contributed by atoms with Gasteiger partial charge in [0.15, 0.2) is 12.4 Å². The first-order valence-electron chi connectivity index (χ1n) is 10.9. The molecule has 1 aliphatic rings. The third kappa shape index (κ3) is 5.27. The minimum Gasteiger partial charge on any atom is -0.454 e. The quantitative estimate of drug-likeness (QED) is 0.317. The van der Waals surface area contributed by atoms with Crippen LogP contribution in [-0.4, -0.2) is 36.2 Å². The van der Waals surface area contributed by atoms with Gasteiger partial charge >= 0.3 is 5.97 Å². The number of hydrogen-bond donors (Lipinski definition) is 1. The molecule has 1 aliphatic heterocycles. The van der Waals surface area contributed by atoms with Crippen LogP contribution in [-0.2, 0) is 20.9 Å². The van der Waals surface area contributed by atoms with Crippen LogP contribution in [0.1, 0.15) is 38.3 Å². The molecular formula is C27H24N2O5. The summed E-state index contributed by atoms with van der Waals surface area (Å²) < 4.78 is 5.10. The summed E-state index contributed by atoms with van der Waals surface area (Å²) in [6.45, 7) is 2.11. The molecule has 7 heteroatoms. The van der Waals surface area contributed by atoms with Gasteiger partial charge in [-0.3, -0.25) is 14.4 Å². The Balaban J connectivity index is 1.34. The van der Waals surface area contributed by atoms with Crippen molar-refractivity contribution in [3.05, 3.63) is 101 Å². The van der Waals surface area contributed by atoms with Crippen LogP contribution < -0.4 is 10.2 Å². The molecule has 3 aromatic rings. The molecule has 1 unspecified atom stereocenters. The molecule has 1 atom stereocenters. The van der Waals surface area contributed by atoms with Crippen LogP contribution >= 0.6 is 0 Å². The van der Waals surface area contributed by atoms with Crippen LogP contribution in [0.25, 0.3) is 0 Å². The third-order valence-corrected chi connectivity index (χ3v) is 5.61. The highest BCUT2D eigenvalue weighted by Crippen LogP contribution is 2.24. The first kappa shape index (κ1) is 23.1. The predicted molar refractivity (Wildman–Crippen MR) is 126 cm³/mol. The normalized spacial score (nSPS) is 15.4. The van der Waals surface area contributed by atoms with Crippen LogP contribution in [0.2, 0.25) is 0 Å². The number of ether oxygens (including phenoxy) is 1. The summed E-state index contributed by atoms with van der Waals surface area (Å²) in [7, 11) is 0. The number of imide groups is 1. The van der Waals surface area contributed by atoms with Crippen molar-refractivity contribution in [2.75, 3.05) is 11.5 Å². The second-order valence-electron chi connectivity index (χ2n) is 8.10. The average Bonchev–Trinajstić information content (AvgIpc) is 3.15. The molecule has 7 nitrogen and oxygen atoms in total. The standard InChI is InChI=1S/C27H24N2O5/c1-18-7-9-19(10-8-18)16-28-23-15-25(31)29(26(23)32)22-13-11-21(12-14-22)27(33)34-17-24(30)20-5-3-2-4-6-20/h2-14,23,28H,15-17H2,1H3. The average molecular weight is 456 g/mol. The van der Waals surface area contributed by atoms with E-state index in [1.807, 2.05) is 31.2 Å². The van der Waals surface area contributed by atoms with Crippen LogP contribution in [0.3, 0.4) is 0 Å². The van der Waals surface area contributed by atoms with Crippen molar-refractivity contribution in [3.8, 4) is 0 Å². The fraction of sp³-hybridized carbons (Fsp3) is 0.185. The van der Waals surface area contributed by atoms with Gasteiger partial charge in [-0.15, -0.1) is 0 Å². The first-order valence-corrected chi connectivity index (χ1v) is 10.9. The summed E-state index contributed by atoms with van der Waals surface area (Å²) in [5.41, 5.74) is 3.24. The van der Waals surface area contributed by atoms with Crippen molar-refractivity contribution in [2.24, 2.45) is 0 Å². The molecule has 0 spiro atoms. The zero-order valence-electron chi connectivity index (χ0n) is 18.7. The number of nitrogens with zero attached hydrogens (tertiary/aromatic N) is 1. The number of aryl methyl sites for hydroxylation is 1. The van der Waals surface area contributed by atoms with E-state index in [0.29, 0.717) is 17.8 Å². The predicted octanol–water partition coefficient (Wildman–Crippen LogP) is 3.46. The van der Waals surface area contributed by atoms with Gasteiger partial charge in [-0.05, 0) is 36.8 Å². The van der Waals surface area contributed by atoms with Crippen molar-refractivity contribution in [1.29, 1.82) is 0 Å². The summed E-state index contributed by atoms with van der Waals surface area (Å²) in [5.74, 6) is -1.60. The van der Waals surface area contributed by atoms with Gasteiger partial charge in [-0.25, -0.2) is 9.69 Å². The Bertz CT molecular complexity index is 1200. The van der Waals surface area contributed by atoms with Gasteiger partial charge in [0.1, 0.15) is 0 Å². The smallest absolute Gasteiger partial charge is 0.338 e. The second-order valence-corrected chi connectivity index (χ2v) is 8.10. The molecule has 1 fully saturated rings. The number of ketones is 1. The van der Waals surface area contributed by atoms with Gasteiger partial charge in [0, 0.05) is 12.1 Å². The summed E-state index contributed by atoms with van der Waals surface area (Å²) in [4.78, 5) is 50.9. The van der Waals surface area contributed by atoms with E-state index in [0.717, 1.165) is 16.0 Å². The van der Waals surface area contributed by atoms with Gasteiger partial charge in [0.05, 0.1) is 23.7 Å². The minimum atomic E-state index is -0.660. The molecule has 0 aromatic heterocycles. The molecule has 0 bridgehead atoms. The number of nitrogens with one attached hydrogen (secondary N) is 1. The first-order chi connectivity index (χ1) is 16.4. The topological polar surface area (TPSA) is 92.8 Å². The second kappa shape index (κ2) is 10.2. The number of anilines is 1. The SMILES string of the molecule is Cc1ccc(CNC2CC(=O)N(c3ccc(C(=O)OCC(=O)c4ccccc4)cc3)C2=O)cc1. The van der Waals surface area contributed by atoms with Crippen LogP contribution in [0.15, 0.2) is 78.9 Å². The number of esters is 1. The largest absolute Gasteiger partial charge is 0.454 e. The fourth-order valence-corrected chi connectivity index (χ4v) is 3.68. The summed E-state index contributed by atoms with van der Waals surface area (Å²) in [6.07, 6.45) is 0.0656. The minimum absolute atomic E-state index is 0.0656.